The average molecular weight is 724 g/mol. The van der Waals surface area contributed by atoms with E-state index in [9.17, 15) is 4.79 Å². The van der Waals surface area contributed by atoms with Crippen LogP contribution in [-0.2, 0) is 21.8 Å². The number of benzene rings is 3. The smallest absolute Gasteiger partial charge is 0.350 e. The van der Waals surface area contributed by atoms with E-state index in [0.29, 0.717) is 45.8 Å². The number of anilines is 2. The van der Waals surface area contributed by atoms with Crippen LogP contribution in [0.3, 0.4) is 0 Å². The maximum Gasteiger partial charge on any atom is 0.350 e. The number of piperazine rings is 1. The molecule has 12 nitrogen and oxygen atoms in total. The van der Waals surface area contributed by atoms with Crippen LogP contribution in [0.15, 0.2) is 84.2 Å². The van der Waals surface area contributed by atoms with Gasteiger partial charge in [0.15, 0.2) is 0 Å². The molecule has 0 N–H and O–H groups in total. The van der Waals surface area contributed by atoms with E-state index < -0.39 is 5.79 Å². The molecule has 4 heterocycles. The fourth-order valence-electron chi connectivity index (χ4n) is 6.28. The van der Waals surface area contributed by atoms with Gasteiger partial charge in [-0.1, -0.05) is 36.2 Å². The summed E-state index contributed by atoms with van der Waals surface area (Å²) in [6.45, 7) is 7.40. The third kappa shape index (κ3) is 6.95. The molecule has 1 unspecified atom stereocenters. The van der Waals surface area contributed by atoms with Gasteiger partial charge >= 0.3 is 5.69 Å². The highest BCUT2D eigenvalue weighted by molar-refractivity contribution is 6.35. The standard InChI is InChI=1S/C35H37Cl2FN8O4/c1-3-24(2)46-34(47)44(23-41-46)27-7-11-33(32(38)19-27)43-16-14-42(15-17-43)26-5-8-28(9-6-26)48-20-29-21-49-35(50-29,22-45-39-12-13-40-45)30-10-4-25(36)18-31(30)37/h4-13,18-19,23-24,29H,3,14-17,20-22H2,1-2H3/t24?,29-,35-/m1/s1. The van der Waals surface area contributed by atoms with Gasteiger partial charge in [0.25, 0.3) is 0 Å². The van der Waals surface area contributed by atoms with E-state index >= 15 is 4.39 Å². The zero-order valence-electron chi connectivity index (χ0n) is 27.7. The number of hydrogen-bond acceptors (Lipinski definition) is 9. The molecule has 0 amide bonds. The van der Waals surface area contributed by atoms with Crippen molar-refractivity contribution in [2.24, 2.45) is 0 Å². The molecule has 2 aliphatic heterocycles. The fraction of sp³-hybridized carbons (Fsp3) is 0.371. The molecule has 2 saturated heterocycles. The predicted molar refractivity (Wildman–Crippen MR) is 188 cm³/mol. The minimum Gasteiger partial charge on any atom is -0.491 e. The van der Waals surface area contributed by atoms with Gasteiger partial charge in [0.05, 0.1) is 41.4 Å². The highest BCUT2D eigenvalue weighted by atomic mass is 35.5. The Morgan fingerprint density at radius 1 is 0.960 bits per heavy atom. The molecule has 0 radical (unpaired) electrons. The number of nitrogens with zero attached hydrogens (tertiary/aromatic N) is 8. The molecule has 2 aliphatic rings. The van der Waals surface area contributed by atoms with Crippen LogP contribution in [0.4, 0.5) is 15.8 Å². The van der Waals surface area contributed by atoms with Crippen LogP contribution >= 0.6 is 23.2 Å². The number of aromatic nitrogens is 6. The quantitative estimate of drug-likeness (QED) is 0.169. The molecule has 50 heavy (non-hydrogen) atoms. The Balaban J connectivity index is 0.939. The molecule has 0 bridgehead atoms. The summed E-state index contributed by atoms with van der Waals surface area (Å²) in [6, 6.07) is 17.9. The van der Waals surface area contributed by atoms with Gasteiger partial charge in [0.2, 0.25) is 5.79 Å². The van der Waals surface area contributed by atoms with Crippen LogP contribution in [0, 0.1) is 5.82 Å². The van der Waals surface area contributed by atoms with E-state index in [-0.39, 0.29) is 43.4 Å². The van der Waals surface area contributed by atoms with Gasteiger partial charge in [-0.25, -0.2) is 18.4 Å². The van der Waals surface area contributed by atoms with Gasteiger partial charge in [-0.3, -0.25) is 0 Å². The molecule has 262 valence electrons. The Morgan fingerprint density at radius 2 is 1.68 bits per heavy atom. The largest absolute Gasteiger partial charge is 0.491 e. The molecular formula is C35H37Cl2FN8O4. The van der Waals surface area contributed by atoms with E-state index in [1.807, 2.05) is 43.0 Å². The van der Waals surface area contributed by atoms with Crippen molar-refractivity contribution >= 4 is 34.6 Å². The Kier molecular flexibility index (Phi) is 9.82. The van der Waals surface area contributed by atoms with Crippen molar-refractivity contribution < 1.29 is 18.6 Å². The Bertz CT molecular complexity index is 1980. The summed E-state index contributed by atoms with van der Waals surface area (Å²) in [5.41, 5.74) is 2.37. The number of rotatable bonds is 11. The normalized spacial score (nSPS) is 20.0. The predicted octanol–water partition coefficient (Wildman–Crippen LogP) is 5.72. The first-order valence-corrected chi connectivity index (χ1v) is 17.3. The summed E-state index contributed by atoms with van der Waals surface area (Å²) in [5, 5.41) is 13.6. The molecule has 3 aromatic carbocycles. The summed E-state index contributed by atoms with van der Waals surface area (Å²) in [6.07, 6.45) is 5.03. The highest BCUT2D eigenvalue weighted by Crippen LogP contribution is 2.40. The summed E-state index contributed by atoms with van der Waals surface area (Å²) >= 11 is 12.7. The number of hydrogen-bond donors (Lipinski definition) is 0. The lowest BCUT2D eigenvalue weighted by molar-refractivity contribution is -0.192. The molecule has 5 aromatic rings. The fourth-order valence-corrected chi connectivity index (χ4v) is 6.84. The van der Waals surface area contributed by atoms with Gasteiger partial charge in [0, 0.05) is 48.5 Å². The molecule has 15 heteroatoms. The summed E-state index contributed by atoms with van der Waals surface area (Å²) in [7, 11) is 0. The van der Waals surface area contributed by atoms with E-state index in [1.165, 1.54) is 26.4 Å². The highest BCUT2D eigenvalue weighted by Gasteiger charge is 2.46. The lowest BCUT2D eigenvalue weighted by Gasteiger charge is -2.37. The molecular weight excluding hydrogens is 686 g/mol. The maximum atomic E-state index is 15.3. The summed E-state index contributed by atoms with van der Waals surface area (Å²) in [4.78, 5) is 18.6. The SMILES string of the molecule is CCC(C)n1ncn(-c2ccc(N3CCN(c4ccc(OC[C@@H]5CO[C@@](Cn6nccn6)(c6ccc(Cl)cc6Cl)O5)cc4)CC3)c(F)c2)c1=O. The van der Waals surface area contributed by atoms with Crippen LogP contribution in [0.25, 0.3) is 5.69 Å². The lowest BCUT2D eigenvalue weighted by atomic mass is 10.1. The van der Waals surface area contributed by atoms with Gasteiger partial charge in [-0.05, 0) is 61.9 Å². The van der Waals surface area contributed by atoms with Crippen LogP contribution in [0.5, 0.6) is 5.75 Å². The molecule has 2 aromatic heterocycles. The van der Waals surface area contributed by atoms with Crippen molar-refractivity contribution in [2.75, 3.05) is 49.2 Å². The molecule has 0 saturated carbocycles. The minimum atomic E-state index is -1.21. The van der Waals surface area contributed by atoms with Gasteiger partial charge in [-0.15, -0.1) is 0 Å². The Morgan fingerprint density at radius 3 is 2.38 bits per heavy atom. The number of halogens is 3. The van der Waals surface area contributed by atoms with Gasteiger partial charge in [0.1, 0.15) is 37.1 Å². The topological polar surface area (TPSA) is 105 Å². The van der Waals surface area contributed by atoms with Crippen molar-refractivity contribution in [1.29, 1.82) is 0 Å². The molecule has 0 aliphatic carbocycles. The van der Waals surface area contributed by atoms with Gasteiger partial charge < -0.3 is 24.0 Å². The molecule has 2 fully saturated rings. The maximum absolute atomic E-state index is 15.3. The zero-order valence-corrected chi connectivity index (χ0v) is 29.2. The van der Waals surface area contributed by atoms with Crippen LogP contribution < -0.4 is 20.2 Å². The second kappa shape index (κ2) is 14.4. The van der Waals surface area contributed by atoms with Crippen molar-refractivity contribution in [3.05, 3.63) is 111 Å². The van der Waals surface area contributed by atoms with Crippen molar-refractivity contribution in [2.45, 2.75) is 44.7 Å². The van der Waals surface area contributed by atoms with E-state index in [4.69, 9.17) is 37.4 Å². The molecule has 0 spiro atoms. The molecule has 3 atom stereocenters. The van der Waals surface area contributed by atoms with E-state index in [0.717, 1.165) is 25.2 Å². The first-order chi connectivity index (χ1) is 24.2. The van der Waals surface area contributed by atoms with E-state index in [1.54, 1.807) is 42.7 Å². The average Bonchev–Trinajstić information content (AvgIpc) is 3.88. The first kappa shape index (κ1) is 34.0. The third-order valence-electron chi connectivity index (χ3n) is 9.19. The van der Waals surface area contributed by atoms with Gasteiger partial charge in [-0.2, -0.15) is 20.1 Å². The van der Waals surface area contributed by atoms with Crippen molar-refractivity contribution in [3.63, 3.8) is 0 Å². The van der Waals surface area contributed by atoms with E-state index in [2.05, 4.69) is 20.2 Å². The lowest BCUT2D eigenvalue weighted by Crippen LogP contribution is -2.46. The second-order valence-electron chi connectivity index (χ2n) is 12.4. The van der Waals surface area contributed by atoms with Crippen LogP contribution in [0.2, 0.25) is 10.0 Å². The molecule has 7 rings (SSSR count). The summed E-state index contributed by atoms with van der Waals surface area (Å²) < 4.78 is 36.9. The first-order valence-electron chi connectivity index (χ1n) is 16.5. The second-order valence-corrected chi connectivity index (χ2v) is 13.2. The monoisotopic (exact) mass is 722 g/mol. The van der Waals surface area contributed by atoms with Crippen LogP contribution in [-0.4, -0.2) is 74.8 Å². The Hall–Kier alpha value is -4.43. The summed E-state index contributed by atoms with van der Waals surface area (Å²) in [5.74, 6) is -0.880. The third-order valence-corrected chi connectivity index (χ3v) is 9.73. The Labute approximate surface area is 298 Å². The zero-order chi connectivity index (χ0) is 34.8. The number of ether oxygens (including phenoxy) is 3. The van der Waals surface area contributed by atoms with Crippen molar-refractivity contribution in [3.8, 4) is 11.4 Å². The van der Waals surface area contributed by atoms with Crippen LogP contribution in [0.1, 0.15) is 31.9 Å². The minimum absolute atomic E-state index is 0.0330. The van der Waals surface area contributed by atoms with Crippen molar-refractivity contribution in [1.82, 2.24) is 29.3 Å².